The summed E-state index contributed by atoms with van der Waals surface area (Å²) in [5.74, 6) is -1.37. The molecule has 1 aliphatic carbocycles. The Morgan fingerprint density at radius 1 is 1.20 bits per heavy atom. The predicted octanol–water partition coefficient (Wildman–Crippen LogP) is -0.480. The van der Waals surface area contributed by atoms with Gasteiger partial charge in [0.25, 0.3) is 0 Å². The fourth-order valence-corrected chi connectivity index (χ4v) is 1.84. The van der Waals surface area contributed by atoms with Crippen LogP contribution in [0.25, 0.3) is 0 Å². The van der Waals surface area contributed by atoms with Crippen molar-refractivity contribution in [3.63, 3.8) is 0 Å². The molecule has 0 aromatic heterocycles. The van der Waals surface area contributed by atoms with E-state index in [0.29, 0.717) is 6.54 Å². The van der Waals surface area contributed by atoms with Crippen molar-refractivity contribution in [2.24, 2.45) is 0 Å². The molecule has 1 fully saturated rings. The minimum Gasteiger partial charge on any atom is -0.480 e. The summed E-state index contributed by atoms with van der Waals surface area (Å²) in [6.45, 7) is 2.34. The molecule has 0 atom stereocenters. The molecular formula is C13H23N3O4. The molecule has 0 heterocycles. The highest BCUT2D eigenvalue weighted by Crippen LogP contribution is 2.18. The van der Waals surface area contributed by atoms with Crippen LogP contribution in [0.1, 0.15) is 26.2 Å². The summed E-state index contributed by atoms with van der Waals surface area (Å²) in [6, 6.07) is 0.273. The first-order valence-electron chi connectivity index (χ1n) is 6.89. The Morgan fingerprint density at radius 3 is 2.35 bits per heavy atom. The third-order valence-corrected chi connectivity index (χ3v) is 3.01. The van der Waals surface area contributed by atoms with Gasteiger partial charge >= 0.3 is 5.97 Å². The van der Waals surface area contributed by atoms with Gasteiger partial charge in [0.15, 0.2) is 0 Å². The third-order valence-electron chi connectivity index (χ3n) is 3.01. The van der Waals surface area contributed by atoms with E-state index in [4.69, 9.17) is 5.11 Å². The summed E-state index contributed by atoms with van der Waals surface area (Å²) in [4.78, 5) is 37.2. The number of aliphatic carboxylic acids is 1. The average molecular weight is 285 g/mol. The lowest BCUT2D eigenvalue weighted by molar-refractivity contribution is -0.140. The van der Waals surface area contributed by atoms with Gasteiger partial charge in [-0.2, -0.15) is 0 Å². The molecule has 0 aliphatic heterocycles. The monoisotopic (exact) mass is 285 g/mol. The lowest BCUT2D eigenvalue weighted by Crippen LogP contribution is -2.44. The summed E-state index contributed by atoms with van der Waals surface area (Å²) >= 11 is 0. The molecule has 20 heavy (non-hydrogen) atoms. The van der Waals surface area contributed by atoms with Crippen LogP contribution in [0.15, 0.2) is 0 Å². The average Bonchev–Trinajstić information content (AvgIpc) is 3.11. The van der Waals surface area contributed by atoms with E-state index in [1.807, 2.05) is 6.92 Å². The topological polar surface area (TPSA) is 90.0 Å². The van der Waals surface area contributed by atoms with Crippen LogP contribution in [0, 0.1) is 0 Å². The molecule has 0 radical (unpaired) electrons. The van der Waals surface area contributed by atoms with E-state index in [1.165, 1.54) is 4.90 Å². The fraction of sp³-hybridized carbons (Fsp3) is 0.769. The summed E-state index contributed by atoms with van der Waals surface area (Å²) < 4.78 is 0. The summed E-state index contributed by atoms with van der Waals surface area (Å²) in [6.07, 6.45) is 2.78. The number of hydrogen-bond acceptors (Lipinski definition) is 4. The normalized spacial score (nSPS) is 14.2. The van der Waals surface area contributed by atoms with Crippen molar-refractivity contribution in [3.8, 4) is 0 Å². The largest absolute Gasteiger partial charge is 0.480 e. The van der Waals surface area contributed by atoms with Crippen LogP contribution < -0.4 is 5.32 Å². The van der Waals surface area contributed by atoms with E-state index in [2.05, 4.69) is 5.32 Å². The zero-order valence-corrected chi connectivity index (χ0v) is 12.1. The molecule has 0 aromatic rings. The van der Waals surface area contributed by atoms with Crippen molar-refractivity contribution in [2.45, 2.75) is 32.2 Å². The molecule has 1 aliphatic rings. The number of nitrogens with zero attached hydrogens (tertiary/aromatic N) is 2. The molecule has 2 N–H and O–H groups in total. The second kappa shape index (κ2) is 7.84. The number of likely N-dealkylation sites (N-methyl/N-ethyl adjacent to an activating group) is 1. The highest BCUT2D eigenvalue weighted by atomic mass is 16.4. The van der Waals surface area contributed by atoms with E-state index >= 15 is 0 Å². The molecule has 0 bridgehead atoms. The van der Waals surface area contributed by atoms with Crippen LogP contribution in [-0.4, -0.2) is 72.0 Å². The van der Waals surface area contributed by atoms with Crippen LogP contribution in [0.3, 0.4) is 0 Å². The zero-order chi connectivity index (χ0) is 15.1. The Bertz CT molecular complexity index is 369. The van der Waals surface area contributed by atoms with E-state index in [0.717, 1.165) is 19.3 Å². The summed E-state index contributed by atoms with van der Waals surface area (Å²) in [5.41, 5.74) is 0. The second-order valence-electron chi connectivity index (χ2n) is 5.20. The minimum absolute atomic E-state index is 0.0162. The number of carboxylic acids is 1. The van der Waals surface area contributed by atoms with Gasteiger partial charge in [-0.25, -0.2) is 0 Å². The number of carbonyl (C=O) groups excluding carboxylic acids is 2. The van der Waals surface area contributed by atoms with Gasteiger partial charge in [0.2, 0.25) is 11.8 Å². The first kappa shape index (κ1) is 16.4. The molecule has 114 valence electrons. The molecule has 0 saturated heterocycles. The van der Waals surface area contributed by atoms with Crippen LogP contribution in [0.2, 0.25) is 0 Å². The van der Waals surface area contributed by atoms with Crippen LogP contribution in [-0.2, 0) is 14.4 Å². The van der Waals surface area contributed by atoms with Gasteiger partial charge in [-0.3, -0.25) is 19.3 Å². The van der Waals surface area contributed by atoms with Crippen molar-refractivity contribution in [1.82, 2.24) is 15.1 Å². The van der Waals surface area contributed by atoms with Gasteiger partial charge in [-0.15, -0.1) is 0 Å². The molecule has 0 unspecified atom stereocenters. The number of hydrogen-bond donors (Lipinski definition) is 2. The molecule has 1 rings (SSSR count). The standard InChI is InChI=1S/C13H23N3O4/c1-3-6-16(9-13(19)20)8-12(18)15(2)7-11(17)14-10-4-5-10/h10H,3-9H2,1-2H3,(H,14,17)(H,19,20). The van der Waals surface area contributed by atoms with Gasteiger partial charge in [-0.05, 0) is 25.8 Å². The molecule has 2 amide bonds. The Kier molecular flexibility index (Phi) is 6.44. The first-order chi connectivity index (χ1) is 9.42. The quantitative estimate of drug-likeness (QED) is 0.597. The van der Waals surface area contributed by atoms with E-state index in [1.54, 1.807) is 11.9 Å². The maximum absolute atomic E-state index is 12.0. The SMILES string of the molecule is CCCN(CC(=O)O)CC(=O)N(C)CC(=O)NC1CC1. The van der Waals surface area contributed by atoms with E-state index in [9.17, 15) is 14.4 Å². The summed E-state index contributed by atoms with van der Waals surface area (Å²) in [5, 5.41) is 11.6. The smallest absolute Gasteiger partial charge is 0.317 e. The number of carboxylic acid groups (broad SMARTS) is 1. The highest BCUT2D eigenvalue weighted by molar-refractivity contribution is 5.86. The number of rotatable bonds is 9. The molecule has 0 aromatic carbocycles. The molecular weight excluding hydrogens is 262 g/mol. The maximum atomic E-state index is 12.0. The highest BCUT2D eigenvalue weighted by Gasteiger charge is 2.24. The van der Waals surface area contributed by atoms with Crippen molar-refractivity contribution in [1.29, 1.82) is 0 Å². The van der Waals surface area contributed by atoms with Crippen LogP contribution >= 0.6 is 0 Å². The number of carbonyl (C=O) groups is 3. The Labute approximate surface area is 118 Å². The number of amides is 2. The Hall–Kier alpha value is -1.63. The fourth-order valence-electron chi connectivity index (χ4n) is 1.84. The van der Waals surface area contributed by atoms with Gasteiger partial charge in [-0.1, -0.05) is 6.92 Å². The van der Waals surface area contributed by atoms with Crippen molar-refractivity contribution in [3.05, 3.63) is 0 Å². The van der Waals surface area contributed by atoms with Crippen LogP contribution in [0.5, 0.6) is 0 Å². The van der Waals surface area contributed by atoms with Gasteiger partial charge < -0.3 is 15.3 Å². The van der Waals surface area contributed by atoms with E-state index < -0.39 is 5.97 Å². The van der Waals surface area contributed by atoms with Gasteiger partial charge in [0.05, 0.1) is 19.6 Å². The van der Waals surface area contributed by atoms with Crippen molar-refractivity contribution >= 4 is 17.8 Å². The minimum atomic E-state index is -0.958. The number of nitrogens with one attached hydrogen (secondary N) is 1. The zero-order valence-electron chi connectivity index (χ0n) is 12.1. The van der Waals surface area contributed by atoms with E-state index in [-0.39, 0.29) is 37.5 Å². The predicted molar refractivity (Wildman–Crippen MR) is 73.2 cm³/mol. The Balaban J connectivity index is 2.36. The third kappa shape index (κ3) is 6.51. The van der Waals surface area contributed by atoms with Gasteiger partial charge in [0.1, 0.15) is 0 Å². The maximum Gasteiger partial charge on any atom is 0.317 e. The van der Waals surface area contributed by atoms with Crippen LogP contribution in [0.4, 0.5) is 0 Å². The molecule has 7 nitrogen and oxygen atoms in total. The second-order valence-corrected chi connectivity index (χ2v) is 5.20. The lowest BCUT2D eigenvalue weighted by Gasteiger charge is -2.23. The molecule has 1 saturated carbocycles. The summed E-state index contributed by atoms with van der Waals surface area (Å²) in [7, 11) is 1.56. The van der Waals surface area contributed by atoms with Gasteiger partial charge in [0, 0.05) is 13.1 Å². The van der Waals surface area contributed by atoms with Crippen molar-refractivity contribution in [2.75, 3.05) is 33.2 Å². The van der Waals surface area contributed by atoms with Crippen molar-refractivity contribution < 1.29 is 19.5 Å². The Morgan fingerprint density at radius 2 is 1.85 bits per heavy atom. The molecule has 7 heteroatoms. The lowest BCUT2D eigenvalue weighted by atomic mass is 10.3. The molecule has 0 spiro atoms. The first-order valence-corrected chi connectivity index (χ1v) is 6.89.